The molecule has 1 atom stereocenters. The Hall–Kier alpha value is -0.310. The molecule has 3 heteroatoms. The van der Waals surface area contributed by atoms with Gasteiger partial charge in [0.15, 0.2) is 0 Å². The average Bonchev–Trinajstić information content (AvgIpc) is 2.00. The monoisotopic (exact) mass is 220 g/mol. The fraction of sp³-hybridized carbons (Fsp3) is 0.625. The van der Waals surface area contributed by atoms with Gasteiger partial charge in [-0.25, -0.2) is 0 Å². The Labute approximate surface area is 75.7 Å². The van der Waals surface area contributed by atoms with Gasteiger partial charge in [-0.15, -0.1) is 0 Å². The summed E-state index contributed by atoms with van der Waals surface area (Å²) >= 11 is 3.26. The quantitative estimate of drug-likeness (QED) is 0.413. The molecule has 64 valence electrons. The largest absolute Gasteiger partial charge is 0.469 e. The highest BCUT2D eigenvalue weighted by Gasteiger charge is 2.04. The van der Waals surface area contributed by atoms with Crippen molar-refractivity contribution in [3.8, 4) is 0 Å². The summed E-state index contributed by atoms with van der Waals surface area (Å²) in [6.07, 6.45) is 4.43. The predicted molar refractivity (Wildman–Crippen MR) is 48.7 cm³/mol. The molecular weight excluding hydrogens is 208 g/mol. The summed E-state index contributed by atoms with van der Waals surface area (Å²) in [6.45, 7) is 1.98. The standard InChI is InChI=1S/C8H13BrO2/c1-7(4-3-5-9)6-8(10)11-2/h3-4,7H,5-6H2,1-2H3/b4-3+. The van der Waals surface area contributed by atoms with E-state index < -0.39 is 0 Å². The van der Waals surface area contributed by atoms with E-state index in [4.69, 9.17) is 0 Å². The van der Waals surface area contributed by atoms with Crippen molar-refractivity contribution in [1.82, 2.24) is 0 Å². The van der Waals surface area contributed by atoms with E-state index in [1.54, 1.807) is 0 Å². The molecule has 0 aliphatic carbocycles. The summed E-state index contributed by atoms with van der Waals surface area (Å²) in [7, 11) is 1.41. The summed E-state index contributed by atoms with van der Waals surface area (Å²) in [5.41, 5.74) is 0. The lowest BCUT2D eigenvalue weighted by Crippen LogP contribution is -2.04. The van der Waals surface area contributed by atoms with Crippen LogP contribution in [0.4, 0.5) is 0 Å². The molecule has 11 heavy (non-hydrogen) atoms. The Morgan fingerprint density at radius 1 is 1.73 bits per heavy atom. The molecule has 1 unspecified atom stereocenters. The molecule has 0 saturated carbocycles. The van der Waals surface area contributed by atoms with Gasteiger partial charge in [0.2, 0.25) is 0 Å². The number of ether oxygens (including phenoxy) is 1. The molecule has 0 saturated heterocycles. The van der Waals surface area contributed by atoms with Gasteiger partial charge in [-0.3, -0.25) is 4.79 Å². The van der Waals surface area contributed by atoms with Crippen molar-refractivity contribution < 1.29 is 9.53 Å². The van der Waals surface area contributed by atoms with E-state index in [1.807, 2.05) is 19.1 Å². The maximum Gasteiger partial charge on any atom is 0.306 e. The number of hydrogen-bond acceptors (Lipinski definition) is 2. The predicted octanol–water partition coefficient (Wildman–Crippen LogP) is 2.14. The van der Waals surface area contributed by atoms with Gasteiger partial charge >= 0.3 is 5.97 Å². The number of alkyl halides is 1. The van der Waals surface area contributed by atoms with Gasteiger partial charge in [-0.1, -0.05) is 35.0 Å². The second kappa shape index (κ2) is 6.40. The summed E-state index contributed by atoms with van der Waals surface area (Å²) in [5, 5.41) is 0.832. The van der Waals surface area contributed by atoms with E-state index in [-0.39, 0.29) is 11.9 Å². The molecule has 0 N–H and O–H groups in total. The van der Waals surface area contributed by atoms with E-state index in [0.29, 0.717) is 6.42 Å². The van der Waals surface area contributed by atoms with Gasteiger partial charge in [-0.2, -0.15) is 0 Å². The highest BCUT2D eigenvalue weighted by Crippen LogP contribution is 2.04. The van der Waals surface area contributed by atoms with Crippen LogP contribution >= 0.6 is 15.9 Å². The van der Waals surface area contributed by atoms with Crippen molar-refractivity contribution in [2.45, 2.75) is 13.3 Å². The minimum atomic E-state index is -0.156. The Morgan fingerprint density at radius 2 is 2.36 bits per heavy atom. The third-order valence-corrected chi connectivity index (χ3v) is 1.64. The molecule has 0 bridgehead atoms. The topological polar surface area (TPSA) is 26.3 Å². The van der Waals surface area contributed by atoms with Gasteiger partial charge in [-0.05, 0) is 5.92 Å². The Kier molecular flexibility index (Phi) is 6.22. The molecule has 0 fully saturated rings. The second-order valence-corrected chi connectivity index (χ2v) is 2.99. The lowest BCUT2D eigenvalue weighted by Gasteiger charge is -2.02. The van der Waals surface area contributed by atoms with Crippen LogP contribution in [-0.2, 0) is 9.53 Å². The van der Waals surface area contributed by atoms with Crippen LogP contribution in [0.5, 0.6) is 0 Å². The van der Waals surface area contributed by atoms with Crippen LogP contribution < -0.4 is 0 Å². The molecule has 0 aromatic carbocycles. The molecule has 0 rings (SSSR count). The van der Waals surface area contributed by atoms with E-state index in [9.17, 15) is 4.79 Å². The molecule has 0 radical (unpaired) electrons. The average molecular weight is 221 g/mol. The highest BCUT2D eigenvalue weighted by atomic mass is 79.9. The summed E-state index contributed by atoms with van der Waals surface area (Å²) in [5.74, 6) is 0.108. The van der Waals surface area contributed by atoms with Crippen molar-refractivity contribution in [2.75, 3.05) is 12.4 Å². The molecule has 0 aromatic heterocycles. The highest BCUT2D eigenvalue weighted by molar-refractivity contribution is 9.09. The van der Waals surface area contributed by atoms with Crippen molar-refractivity contribution in [3.05, 3.63) is 12.2 Å². The molecule has 0 amide bonds. The van der Waals surface area contributed by atoms with Gasteiger partial charge in [0.05, 0.1) is 13.5 Å². The SMILES string of the molecule is COC(=O)CC(C)/C=C/CBr. The first kappa shape index (κ1) is 10.7. The van der Waals surface area contributed by atoms with Gasteiger partial charge in [0.1, 0.15) is 0 Å². The number of methoxy groups -OCH3 is 1. The van der Waals surface area contributed by atoms with Gasteiger partial charge in [0, 0.05) is 5.33 Å². The normalized spacial score (nSPS) is 13.4. The number of carbonyl (C=O) groups is 1. The minimum Gasteiger partial charge on any atom is -0.469 e. The van der Waals surface area contributed by atoms with E-state index in [2.05, 4.69) is 20.7 Å². The molecule has 0 aromatic rings. The lowest BCUT2D eigenvalue weighted by molar-refractivity contribution is -0.141. The zero-order chi connectivity index (χ0) is 8.69. The summed E-state index contributed by atoms with van der Waals surface area (Å²) in [4.78, 5) is 10.7. The maximum absolute atomic E-state index is 10.7. The first-order chi connectivity index (χ1) is 5.20. The fourth-order valence-electron chi connectivity index (χ4n) is 0.698. The van der Waals surface area contributed by atoms with Crippen LogP contribution in [0, 0.1) is 5.92 Å². The van der Waals surface area contributed by atoms with Crippen molar-refractivity contribution in [3.63, 3.8) is 0 Å². The first-order valence-corrected chi connectivity index (χ1v) is 4.62. The number of allylic oxidation sites excluding steroid dienone is 2. The zero-order valence-corrected chi connectivity index (χ0v) is 8.43. The third kappa shape index (κ3) is 6.10. The minimum absolute atomic E-state index is 0.156. The van der Waals surface area contributed by atoms with Crippen molar-refractivity contribution in [2.24, 2.45) is 5.92 Å². The van der Waals surface area contributed by atoms with Crippen molar-refractivity contribution in [1.29, 1.82) is 0 Å². The van der Waals surface area contributed by atoms with Crippen LogP contribution in [0.3, 0.4) is 0 Å². The maximum atomic E-state index is 10.7. The third-order valence-electron chi connectivity index (χ3n) is 1.27. The Morgan fingerprint density at radius 3 is 2.82 bits per heavy atom. The van der Waals surface area contributed by atoms with Crippen molar-refractivity contribution >= 4 is 21.9 Å². The molecular formula is C8H13BrO2. The summed E-state index contributed by atoms with van der Waals surface area (Å²) in [6, 6.07) is 0. The van der Waals surface area contributed by atoms with Crippen LogP contribution in [0.25, 0.3) is 0 Å². The molecule has 0 spiro atoms. The number of carbonyl (C=O) groups excluding carboxylic acids is 1. The van der Waals surface area contributed by atoms with Crippen LogP contribution in [0.1, 0.15) is 13.3 Å². The Bertz CT molecular complexity index is 143. The molecule has 2 nitrogen and oxygen atoms in total. The molecule has 0 aliphatic heterocycles. The smallest absolute Gasteiger partial charge is 0.306 e. The number of esters is 1. The molecule has 0 aliphatic rings. The van der Waals surface area contributed by atoms with E-state index >= 15 is 0 Å². The van der Waals surface area contributed by atoms with Crippen LogP contribution in [0.2, 0.25) is 0 Å². The molecule has 0 heterocycles. The van der Waals surface area contributed by atoms with Gasteiger partial charge in [0.25, 0.3) is 0 Å². The zero-order valence-electron chi connectivity index (χ0n) is 6.84. The lowest BCUT2D eigenvalue weighted by atomic mass is 10.1. The first-order valence-electron chi connectivity index (χ1n) is 3.50. The second-order valence-electron chi connectivity index (χ2n) is 2.34. The van der Waals surface area contributed by atoms with Crippen LogP contribution in [0.15, 0.2) is 12.2 Å². The number of halogens is 1. The van der Waals surface area contributed by atoms with E-state index in [0.717, 1.165) is 5.33 Å². The Balaban J connectivity index is 3.59. The fourth-order valence-corrected chi connectivity index (χ4v) is 0.914. The van der Waals surface area contributed by atoms with Crippen LogP contribution in [-0.4, -0.2) is 18.4 Å². The van der Waals surface area contributed by atoms with E-state index in [1.165, 1.54) is 7.11 Å². The number of hydrogen-bond donors (Lipinski definition) is 0. The van der Waals surface area contributed by atoms with Gasteiger partial charge < -0.3 is 4.74 Å². The summed E-state index contributed by atoms with van der Waals surface area (Å²) < 4.78 is 4.52. The number of rotatable bonds is 4.